The maximum absolute atomic E-state index is 12.0. The summed E-state index contributed by atoms with van der Waals surface area (Å²) in [6.45, 7) is 2.56. The molecule has 1 aromatic heterocycles. The van der Waals surface area contributed by atoms with Crippen molar-refractivity contribution >= 4 is 10.9 Å². The molecule has 0 aliphatic rings. The standard InChI is InChI=1S/C16H21NO4/c1-3-4-5-6-9-21-15-14(18)12-8-7-11(20-2)10-13(12)17-16(15)19/h7-8,10H,3-6,9H2,1-2H3,(H2,17,18,19). The van der Waals surface area contributed by atoms with E-state index in [-0.39, 0.29) is 11.5 Å². The Morgan fingerprint density at radius 3 is 2.76 bits per heavy atom. The molecule has 5 nitrogen and oxygen atoms in total. The summed E-state index contributed by atoms with van der Waals surface area (Å²) in [5.41, 5.74) is 0.0962. The fraction of sp³-hybridized carbons (Fsp3) is 0.438. The van der Waals surface area contributed by atoms with Crippen LogP contribution in [0.5, 0.6) is 17.2 Å². The third-order valence-corrected chi connectivity index (χ3v) is 3.40. The van der Waals surface area contributed by atoms with Gasteiger partial charge in [-0.05, 0) is 18.6 Å². The molecular weight excluding hydrogens is 270 g/mol. The molecule has 0 saturated carbocycles. The maximum atomic E-state index is 12.0. The lowest BCUT2D eigenvalue weighted by Gasteiger charge is -2.10. The molecule has 0 unspecified atom stereocenters. The molecule has 0 spiro atoms. The van der Waals surface area contributed by atoms with Gasteiger partial charge in [-0.25, -0.2) is 0 Å². The number of benzene rings is 1. The number of unbranched alkanes of at least 4 members (excludes halogenated alkanes) is 3. The van der Waals surface area contributed by atoms with E-state index in [0.717, 1.165) is 25.7 Å². The summed E-state index contributed by atoms with van der Waals surface area (Å²) < 4.78 is 10.6. The highest BCUT2D eigenvalue weighted by Crippen LogP contribution is 2.31. The molecule has 114 valence electrons. The molecule has 1 heterocycles. The fourth-order valence-corrected chi connectivity index (χ4v) is 2.21. The number of fused-ring (bicyclic) bond motifs is 1. The number of aromatic amines is 1. The summed E-state index contributed by atoms with van der Waals surface area (Å²) >= 11 is 0. The highest BCUT2D eigenvalue weighted by atomic mass is 16.5. The molecule has 0 saturated heterocycles. The molecule has 5 heteroatoms. The van der Waals surface area contributed by atoms with Crippen molar-refractivity contribution in [1.29, 1.82) is 0 Å². The molecule has 0 amide bonds. The van der Waals surface area contributed by atoms with Crippen molar-refractivity contribution in [3.05, 3.63) is 28.6 Å². The van der Waals surface area contributed by atoms with E-state index in [1.165, 1.54) is 0 Å². The second kappa shape index (κ2) is 7.02. The number of rotatable bonds is 7. The predicted molar refractivity (Wildman–Crippen MR) is 82.4 cm³/mol. The fourth-order valence-electron chi connectivity index (χ4n) is 2.21. The first-order valence-electron chi connectivity index (χ1n) is 7.23. The molecule has 21 heavy (non-hydrogen) atoms. The molecule has 2 aromatic rings. The summed E-state index contributed by atoms with van der Waals surface area (Å²) in [6, 6.07) is 5.09. The number of H-pyrrole nitrogens is 1. The van der Waals surface area contributed by atoms with Crippen LogP contribution in [0.3, 0.4) is 0 Å². The van der Waals surface area contributed by atoms with Gasteiger partial charge >= 0.3 is 0 Å². The van der Waals surface area contributed by atoms with Crippen LogP contribution < -0.4 is 15.0 Å². The zero-order chi connectivity index (χ0) is 15.2. The Morgan fingerprint density at radius 2 is 2.05 bits per heavy atom. The third kappa shape index (κ3) is 3.48. The van der Waals surface area contributed by atoms with Crippen LogP contribution in [0.1, 0.15) is 32.6 Å². The largest absolute Gasteiger partial charge is 0.504 e. The summed E-state index contributed by atoms with van der Waals surface area (Å²) in [4.78, 5) is 14.7. The van der Waals surface area contributed by atoms with Gasteiger partial charge in [0.05, 0.1) is 19.2 Å². The van der Waals surface area contributed by atoms with E-state index < -0.39 is 5.56 Å². The Kier molecular flexibility index (Phi) is 5.09. The Labute approximate surface area is 123 Å². The van der Waals surface area contributed by atoms with Crippen molar-refractivity contribution in [3.63, 3.8) is 0 Å². The molecule has 0 radical (unpaired) electrons. The molecule has 0 atom stereocenters. The van der Waals surface area contributed by atoms with E-state index >= 15 is 0 Å². The molecule has 2 rings (SSSR count). The minimum Gasteiger partial charge on any atom is -0.504 e. The minimum absolute atomic E-state index is 0.0100. The quantitative estimate of drug-likeness (QED) is 0.768. The monoisotopic (exact) mass is 291 g/mol. The van der Waals surface area contributed by atoms with Crippen LogP contribution >= 0.6 is 0 Å². The highest BCUT2D eigenvalue weighted by molar-refractivity contribution is 5.87. The van der Waals surface area contributed by atoms with E-state index in [4.69, 9.17) is 9.47 Å². The number of aromatic nitrogens is 1. The molecule has 0 aliphatic heterocycles. The Bertz CT molecular complexity index is 663. The van der Waals surface area contributed by atoms with Gasteiger partial charge in [0.1, 0.15) is 5.75 Å². The molecule has 1 aromatic carbocycles. The maximum Gasteiger partial charge on any atom is 0.294 e. The van der Waals surface area contributed by atoms with Crippen LogP contribution in [0, 0.1) is 0 Å². The zero-order valence-corrected chi connectivity index (χ0v) is 12.4. The number of pyridine rings is 1. The third-order valence-electron chi connectivity index (χ3n) is 3.40. The van der Waals surface area contributed by atoms with Crippen molar-refractivity contribution in [1.82, 2.24) is 4.98 Å². The van der Waals surface area contributed by atoms with Crippen molar-refractivity contribution in [2.45, 2.75) is 32.6 Å². The summed E-state index contributed by atoms with van der Waals surface area (Å²) in [5.74, 6) is 0.488. The van der Waals surface area contributed by atoms with Gasteiger partial charge in [-0.3, -0.25) is 4.79 Å². The molecular formula is C16H21NO4. The number of nitrogens with one attached hydrogen (secondary N) is 1. The normalized spacial score (nSPS) is 10.8. The Morgan fingerprint density at radius 1 is 1.24 bits per heavy atom. The van der Waals surface area contributed by atoms with Gasteiger partial charge in [-0.15, -0.1) is 0 Å². The first-order valence-corrected chi connectivity index (χ1v) is 7.23. The van der Waals surface area contributed by atoms with Crippen LogP contribution in [0.15, 0.2) is 23.0 Å². The minimum atomic E-state index is -0.427. The highest BCUT2D eigenvalue weighted by Gasteiger charge is 2.13. The average molecular weight is 291 g/mol. The molecule has 0 fully saturated rings. The van der Waals surface area contributed by atoms with E-state index in [2.05, 4.69) is 11.9 Å². The van der Waals surface area contributed by atoms with E-state index in [1.54, 1.807) is 25.3 Å². The lowest BCUT2D eigenvalue weighted by Crippen LogP contribution is -2.12. The summed E-state index contributed by atoms with van der Waals surface area (Å²) in [7, 11) is 1.55. The second-order valence-electron chi connectivity index (χ2n) is 4.95. The SMILES string of the molecule is CCCCCCOc1c(O)c2ccc(OC)cc2[nH]c1=O. The van der Waals surface area contributed by atoms with Gasteiger partial charge in [-0.2, -0.15) is 0 Å². The predicted octanol–water partition coefficient (Wildman–Crippen LogP) is 3.20. The van der Waals surface area contributed by atoms with Gasteiger partial charge in [-0.1, -0.05) is 26.2 Å². The lowest BCUT2D eigenvalue weighted by molar-refractivity contribution is 0.286. The first-order chi connectivity index (χ1) is 10.2. The van der Waals surface area contributed by atoms with E-state index in [9.17, 15) is 9.90 Å². The second-order valence-corrected chi connectivity index (χ2v) is 4.95. The number of hydrogen-bond donors (Lipinski definition) is 2. The van der Waals surface area contributed by atoms with Crippen LogP contribution in [0.25, 0.3) is 10.9 Å². The number of ether oxygens (including phenoxy) is 2. The van der Waals surface area contributed by atoms with Gasteiger partial charge in [0.25, 0.3) is 5.56 Å². The number of methoxy groups -OCH3 is 1. The smallest absolute Gasteiger partial charge is 0.294 e. The van der Waals surface area contributed by atoms with Crippen molar-refractivity contribution in [3.8, 4) is 17.2 Å². The summed E-state index contributed by atoms with van der Waals surface area (Å²) in [5, 5.41) is 10.8. The van der Waals surface area contributed by atoms with Crippen molar-refractivity contribution in [2.24, 2.45) is 0 Å². The molecule has 0 aliphatic carbocycles. The number of aromatic hydroxyl groups is 1. The van der Waals surface area contributed by atoms with Crippen LogP contribution in [0.2, 0.25) is 0 Å². The van der Waals surface area contributed by atoms with Gasteiger partial charge in [0.15, 0.2) is 5.75 Å². The lowest BCUT2D eigenvalue weighted by atomic mass is 10.2. The van der Waals surface area contributed by atoms with Crippen LogP contribution in [-0.4, -0.2) is 23.8 Å². The van der Waals surface area contributed by atoms with Crippen molar-refractivity contribution in [2.75, 3.05) is 13.7 Å². The molecule has 2 N–H and O–H groups in total. The zero-order valence-electron chi connectivity index (χ0n) is 12.4. The van der Waals surface area contributed by atoms with Crippen LogP contribution in [-0.2, 0) is 0 Å². The Balaban J connectivity index is 2.22. The van der Waals surface area contributed by atoms with Crippen molar-refractivity contribution < 1.29 is 14.6 Å². The van der Waals surface area contributed by atoms with E-state index in [0.29, 0.717) is 23.3 Å². The van der Waals surface area contributed by atoms with Gasteiger partial charge < -0.3 is 19.6 Å². The topological polar surface area (TPSA) is 71.5 Å². The average Bonchev–Trinajstić information content (AvgIpc) is 2.49. The first kappa shape index (κ1) is 15.2. The summed E-state index contributed by atoms with van der Waals surface area (Å²) in [6.07, 6.45) is 4.21. The van der Waals surface area contributed by atoms with Gasteiger partial charge in [0.2, 0.25) is 5.75 Å². The Hall–Kier alpha value is -2.17. The van der Waals surface area contributed by atoms with Crippen LogP contribution in [0.4, 0.5) is 0 Å². The number of hydrogen-bond acceptors (Lipinski definition) is 4. The van der Waals surface area contributed by atoms with E-state index in [1.807, 2.05) is 0 Å². The van der Waals surface area contributed by atoms with Gasteiger partial charge in [0, 0.05) is 11.5 Å². The molecule has 0 bridgehead atoms.